The standard InChI is InChI=1S/C9H15N3O2/c13-5-3-1-2-4-10-8-6-9(14)12-7-11-8/h6-7,13H,1-5H2,(H2,10,11,12,14). The van der Waals surface area contributed by atoms with E-state index < -0.39 is 0 Å². The van der Waals surface area contributed by atoms with E-state index in [-0.39, 0.29) is 12.2 Å². The van der Waals surface area contributed by atoms with Crippen LogP contribution in [0.5, 0.6) is 0 Å². The Morgan fingerprint density at radius 3 is 3.00 bits per heavy atom. The number of aliphatic hydroxyl groups is 1. The molecule has 0 unspecified atom stereocenters. The van der Waals surface area contributed by atoms with Crippen LogP contribution in [0.4, 0.5) is 5.82 Å². The zero-order valence-corrected chi connectivity index (χ0v) is 7.99. The van der Waals surface area contributed by atoms with Gasteiger partial charge in [-0.25, -0.2) is 4.98 Å². The lowest BCUT2D eigenvalue weighted by atomic mass is 10.2. The van der Waals surface area contributed by atoms with Gasteiger partial charge in [-0.3, -0.25) is 4.79 Å². The molecule has 0 amide bonds. The molecule has 3 N–H and O–H groups in total. The lowest BCUT2D eigenvalue weighted by Crippen LogP contribution is -2.09. The minimum Gasteiger partial charge on any atom is -0.396 e. The highest BCUT2D eigenvalue weighted by Gasteiger charge is 1.93. The summed E-state index contributed by atoms with van der Waals surface area (Å²) in [6.07, 6.45) is 4.14. The second-order valence-electron chi connectivity index (χ2n) is 3.01. The van der Waals surface area contributed by atoms with Crippen LogP contribution in [0.3, 0.4) is 0 Å². The number of anilines is 1. The van der Waals surface area contributed by atoms with E-state index in [1.807, 2.05) is 0 Å². The Labute approximate surface area is 82.2 Å². The van der Waals surface area contributed by atoms with E-state index in [0.717, 1.165) is 25.8 Å². The zero-order chi connectivity index (χ0) is 10.2. The van der Waals surface area contributed by atoms with Crippen molar-refractivity contribution < 1.29 is 5.11 Å². The highest BCUT2D eigenvalue weighted by Crippen LogP contribution is 1.98. The van der Waals surface area contributed by atoms with Gasteiger partial charge in [0.05, 0.1) is 6.33 Å². The first kappa shape index (κ1) is 10.7. The summed E-state index contributed by atoms with van der Waals surface area (Å²) in [6, 6.07) is 1.42. The van der Waals surface area contributed by atoms with Crippen LogP contribution in [-0.4, -0.2) is 28.2 Å². The molecule has 1 aromatic heterocycles. The van der Waals surface area contributed by atoms with Crippen molar-refractivity contribution in [3.8, 4) is 0 Å². The first-order valence-corrected chi connectivity index (χ1v) is 4.72. The van der Waals surface area contributed by atoms with Crippen molar-refractivity contribution in [1.82, 2.24) is 9.97 Å². The summed E-state index contributed by atoms with van der Waals surface area (Å²) in [4.78, 5) is 17.2. The number of nitrogens with one attached hydrogen (secondary N) is 2. The summed E-state index contributed by atoms with van der Waals surface area (Å²) >= 11 is 0. The van der Waals surface area contributed by atoms with Crippen molar-refractivity contribution in [2.45, 2.75) is 19.3 Å². The quantitative estimate of drug-likeness (QED) is 0.575. The molecule has 1 aromatic rings. The average molecular weight is 197 g/mol. The highest BCUT2D eigenvalue weighted by atomic mass is 16.2. The molecule has 78 valence electrons. The summed E-state index contributed by atoms with van der Waals surface area (Å²) in [5.41, 5.74) is -0.155. The third-order valence-electron chi connectivity index (χ3n) is 1.82. The van der Waals surface area contributed by atoms with Gasteiger partial charge in [-0.1, -0.05) is 0 Å². The largest absolute Gasteiger partial charge is 0.396 e. The number of aromatic nitrogens is 2. The fraction of sp³-hybridized carbons (Fsp3) is 0.556. The molecule has 1 rings (SSSR count). The van der Waals surface area contributed by atoms with Crippen LogP contribution in [0.2, 0.25) is 0 Å². The minimum atomic E-state index is -0.155. The van der Waals surface area contributed by atoms with Crippen LogP contribution in [-0.2, 0) is 0 Å². The monoisotopic (exact) mass is 197 g/mol. The second-order valence-corrected chi connectivity index (χ2v) is 3.01. The van der Waals surface area contributed by atoms with Crippen LogP contribution in [0.15, 0.2) is 17.2 Å². The number of unbranched alkanes of at least 4 members (excludes halogenated alkanes) is 2. The van der Waals surface area contributed by atoms with Gasteiger partial charge in [0.25, 0.3) is 5.56 Å². The maximum absolute atomic E-state index is 10.9. The van der Waals surface area contributed by atoms with Gasteiger partial charge in [-0.05, 0) is 19.3 Å². The normalized spacial score (nSPS) is 10.1. The van der Waals surface area contributed by atoms with Gasteiger partial charge in [0.15, 0.2) is 0 Å². The topological polar surface area (TPSA) is 78.0 Å². The fourth-order valence-electron chi connectivity index (χ4n) is 1.10. The molecule has 14 heavy (non-hydrogen) atoms. The van der Waals surface area contributed by atoms with Crippen molar-refractivity contribution in [2.75, 3.05) is 18.5 Å². The van der Waals surface area contributed by atoms with Gasteiger partial charge in [0, 0.05) is 19.2 Å². The zero-order valence-electron chi connectivity index (χ0n) is 7.99. The first-order valence-electron chi connectivity index (χ1n) is 4.72. The highest BCUT2D eigenvalue weighted by molar-refractivity contribution is 5.31. The van der Waals surface area contributed by atoms with Crippen molar-refractivity contribution in [3.63, 3.8) is 0 Å². The predicted octanol–water partition coefficient (Wildman–Crippen LogP) is 0.344. The van der Waals surface area contributed by atoms with Crippen molar-refractivity contribution in [1.29, 1.82) is 0 Å². The molecule has 0 saturated carbocycles. The van der Waals surface area contributed by atoms with Crippen LogP contribution in [0.25, 0.3) is 0 Å². The van der Waals surface area contributed by atoms with E-state index in [9.17, 15) is 4.79 Å². The molecule has 0 saturated heterocycles. The molecule has 0 spiro atoms. The number of hydrogen-bond acceptors (Lipinski definition) is 4. The summed E-state index contributed by atoms with van der Waals surface area (Å²) in [5, 5.41) is 11.6. The summed E-state index contributed by atoms with van der Waals surface area (Å²) < 4.78 is 0. The molecule has 0 aromatic carbocycles. The van der Waals surface area contributed by atoms with Crippen LogP contribution < -0.4 is 10.9 Å². The summed E-state index contributed by atoms with van der Waals surface area (Å²) in [6.45, 7) is 1.01. The Morgan fingerprint density at radius 2 is 2.29 bits per heavy atom. The van der Waals surface area contributed by atoms with E-state index in [0.29, 0.717) is 5.82 Å². The SMILES string of the molecule is O=c1cc(NCCCCCO)nc[nH]1. The van der Waals surface area contributed by atoms with Gasteiger partial charge in [-0.2, -0.15) is 0 Å². The van der Waals surface area contributed by atoms with Gasteiger partial charge < -0.3 is 15.4 Å². The van der Waals surface area contributed by atoms with Gasteiger partial charge >= 0.3 is 0 Å². The molecular formula is C9H15N3O2. The molecule has 1 heterocycles. The Morgan fingerprint density at radius 1 is 1.43 bits per heavy atom. The van der Waals surface area contributed by atoms with Crippen molar-refractivity contribution >= 4 is 5.82 Å². The Hall–Kier alpha value is -1.36. The lowest BCUT2D eigenvalue weighted by molar-refractivity contribution is 0.283. The van der Waals surface area contributed by atoms with E-state index in [2.05, 4.69) is 15.3 Å². The van der Waals surface area contributed by atoms with Gasteiger partial charge in [-0.15, -0.1) is 0 Å². The lowest BCUT2D eigenvalue weighted by Gasteiger charge is -2.03. The summed E-state index contributed by atoms with van der Waals surface area (Å²) in [5.74, 6) is 0.595. The third kappa shape index (κ3) is 4.04. The molecule has 0 radical (unpaired) electrons. The first-order chi connectivity index (χ1) is 6.83. The average Bonchev–Trinajstić information content (AvgIpc) is 2.18. The molecule has 0 aliphatic heterocycles. The van der Waals surface area contributed by atoms with Crippen molar-refractivity contribution in [2.24, 2.45) is 0 Å². The Kier molecular flexibility index (Phi) is 4.71. The number of aromatic amines is 1. The van der Waals surface area contributed by atoms with Gasteiger partial charge in [0.1, 0.15) is 5.82 Å². The van der Waals surface area contributed by atoms with E-state index in [1.165, 1.54) is 12.4 Å². The molecule has 5 nitrogen and oxygen atoms in total. The predicted molar refractivity (Wildman–Crippen MR) is 54.3 cm³/mol. The molecule has 0 atom stereocenters. The molecule has 0 fully saturated rings. The molecule has 5 heteroatoms. The number of nitrogens with zero attached hydrogens (tertiary/aromatic N) is 1. The second kappa shape index (κ2) is 6.15. The van der Waals surface area contributed by atoms with E-state index in [4.69, 9.17) is 5.11 Å². The number of rotatable bonds is 6. The van der Waals surface area contributed by atoms with E-state index >= 15 is 0 Å². The molecule has 0 aliphatic rings. The Balaban J connectivity index is 2.21. The molecule has 0 aliphatic carbocycles. The summed E-state index contributed by atoms with van der Waals surface area (Å²) in [7, 11) is 0. The maximum atomic E-state index is 10.9. The van der Waals surface area contributed by atoms with Crippen molar-refractivity contribution in [3.05, 3.63) is 22.7 Å². The smallest absolute Gasteiger partial charge is 0.252 e. The van der Waals surface area contributed by atoms with Gasteiger partial charge in [0.2, 0.25) is 0 Å². The number of aliphatic hydroxyl groups excluding tert-OH is 1. The third-order valence-corrected chi connectivity index (χ3v) is 1.82. The molecule has 0 bridgehead atoms. The number of hydrogen-bond donors (Lipinski definition) is 3. The minimum absolute atomic E-state index is 0.155. The van der Waals surface area contributed by atoms with Crippen LogP contribution in [0, 0.1) is 0 Å². The van der Waals surface area contributed by atoms with E-state index in [1.54, 1.807) is 0 Å². The fourth-order valence-corrected chi connectivity index (χ4v) is 1.10. The van der Waals surface area contributed by atoms with Crippen LogP contribution >= 0.6 is 0 Å². The van der Waals surface area contributed by atoms with Crippen LogP contribution in [0.1, 0.15) is 19.3 Å². The molecular weight excluding hydrogens is 182 g/mol. The number of H-pyrrole nitrogens is 1. The Bertz CT molecular complexity index is 311. The maximum Gasteiger partial charge on any atom is 0.252 e.